The van der Waals surface area contributed by atoms with Crippen molar-refractivity contribution in [2.45, 2.75) is 20.3 Å². The fraction of sp³-hybridized carbons (Fsp3) is 0.667. The highest BCUT2D eigenvalue weighted by atomic mass is 16.4. The number of rotatable bonds is 2. The van der Waals surface area contributed by atoms with Crippen LogP contribution in [-0.4, -0.2) is 22.7 Å². The molecule has 0 aliphatic heterocycles. The lowest BCUT2D eigenvalue weighted by Crippen LogP contribution is -1.99. The van der Waals surface area contributed by atoms with Crippen molar-refractivity contribution < 1.29 is 19.8 Å². The molecule has 4 heteroatoms. The lowest BCUT2D eigenvalue weighted by atomic mass is 10.1. The zero-order valence-corrected chi connectivity index (χ0v) is 6.07. The standard InChI is InChI=1S/C5H10O2.CH2O2/c1-4(2)3-5(6)7;2-1-3/h4H,3H2,1-2H3,(H,6,7);1H,(H,2,3). The number of carbonyl (C=O) groups is 2. The Morgan fingerprint density at radius 2 is 1.90 bits per heavy atom. The predicted molar refractivity (Wildman–Crippen MR) is 35.8 cm³/mol. The van der Waals surface area contributed by atoms with Crippen molar-refractivity contribution >= 4 is 12.4 Å². The maximum absolute atomic E-state index is 9.81. The van der Waals surface area contributed by atoms with Crippen LogP contribution in [0.2, 0.25) is 0 Å². The third-order valence-corrected chi connectivity index (χ3v) is 0.583. The third-order valence-electron chi connectivity index (χ3n) is 0.583. The van der Waals surface area contributed by atoms with Gasteiger partial charge in [0, 0.05) is 6.42 Å². The van der Waals surface area contributed by atoms with E-state index in [1.54, 1.807) is 0 Å². The summed E-state index contributed by atoms with van der Waals surface area (Å²) in [7, 11) is 0. The SMILES string of the molecule is CC(C)CC(=O)O.O=CO. The average Bonchev–Trinajstić information content (AvgIpc) is 1.62. The highest BCUT2D eigenvalue weighted by Crippen LogP contribution is 1.96. The van der Waals surface area contributed by atoms with Gasteiger partial charge in [0.25, 0.3) is 6.47 Å². The molecule has 0 saturated carbocycles. The van der Waals surface area contributed by atoms with E-state index in [9.17, 15) is 4.79 Å². The Balaban J connectivity index is 0. The van der Waals surface area contributed by atoms with Gasteiger partial charge in [-0.1, -0.05) is 13.8 Å². The molecule has 4 nitrogen and oxygen atoms in total. The molecule has 60 valence electrons. The minimum absolute atomic E-state index is 0.250. The van der Waals surface area contributed by atoms with Crippen LogP contribution in [0, 0.1) is 5.92 Å². The zero-order valence-electron chi connectivity index (χ0n) is 6.07. The fourth-order valence-corrected chi connectivity index (χ4v) is 0.349. The second-order valence-electron chi connectivity index (χ2n) is 2.10. The van der Waals surface area contributed by atoms with Crippen LogP contribution in [0.15, 0.2) is 0 Å². The van der Waals surface area contributed by atoms with Crippen LogP contribution in [-0.2, 0) is 9.59 Å². The monoisotopic (exact) mass is 148 g/mol. The molecule has 0 saturated heterocycles. The second kappa shape index (κ2) is 7.94. The molecule has 0 bridgehead atoms. The van der Waals surface area contributed by atoms with Crippen molar-refractivity contribution in [1.82, 2.24) is 0 Å². The van der Waals surface area contributed by atoms with E-state index in [2.05, 4.69) is 0 Å². The van der Waals surface area contributed by atoms with E-state index in [0.717, 1.165) is 0 Å². The van der Waals surface area contributed by atoms with E-state index in [0.29, 0.717) is 0 Å². The maximum Gasteiger partial charge on any atom is 0.303 e. The van der Waals surface area contributed by atoms with Gasteiger partial charge in [-0.05, 0) is 5.92 Å². The first-order valence-electron chi connectivity index (χ1n) is 2.84. The second-order valence-corrected chi connectivity index (χ2v) is 2.10. The van der Waals surface area contributed by atoms with Gasteiger partial charge in [0.05, 0.1) is 0 Å². The van der Waals surface area contributed by atoms with Gasteiger partial charge in [0.1, 0.15) is 0 Å². The van der Waals surface area contributed by atoms with E-state index in [4.69, 9.17) is 15.0 Å². The smallest absolute Gasteiger partial charge is 0.303 e. The summed E-state index contributed by atoms with van der Waals surface area (Å²) in [4.78, 5) is 18.2. The van der Waals surface area contributed by atoms with Gasteiger partial charge >= 0.3 is 5.97 Å². The highest BCUT2D eigenvalue weighted by molar-refractivity contribution is 5.66. The third kappa shape index (κ3) is 28.3. The molecule has 0 aliphatic carbocycles. The van der Waals surface area contributed by atoms with Crippen LogP contribution < -0.4 is 0 Å². The molecule has 0 aromatic rings. The molecule has 0 aromatic carbocycles. The minimum Gasteiger partial charge on any atom is -0.483 e. The van der Waals surface area contributed by atoms with Gasteiger partial charge in [-0.15, -0.1) is 0 Å². The molecule has 10 heavy (non-hydrogen) atoms. The Kier molecular flexibility index (Phi) is 9.29. The fourth-order valence-electron chi connectivity index (χ4n) is 0.349. The van der Waals surface area contributed by atoms with Gasteiger partial charge in [0.2, 0.25) is 0 Å². The lowest BCUT2D eigenvalue weighted by molar-refractivity contribution is -0.137. The summed E-state index contributed by atoms with van der Waals surface area (Å²) in [5, 5.41) is 15.0. The predicted octanol–water partition coefficient (Wildman–Crippen LogP) is 0.818. The number of aliphatic carboxylic acids is 1. The van der Waals surface area contributed by atoms with Crippen molar-refractivity contribution in [3.63, 3.8) is 0 Å². The van der Waals surface area contributed by atoms with E-state index in [1.807, 2.05) is 13.8 Å². The molecular formula is C6H12O4. The van der Waals surface area contributed by atoms with E-state index >= 15 is 0 Å². The summed E-state index contributed by atoms with van der Waals surface area (Å²) in [6.07, 6.45) is 0.278. The zero-order chi connectivity index (χ0) is 8.57. The molecule has 2 N–H and O–H groups in total. The summed E-state index contributed by atoms with van der Waals surface area (Å²) in [6, 6.07) is 0. The van der Waals surface area contributed by atoms with Crippen LogP contribution in [0.1, 0.15) is 20.3 Å². The molecule has 0 amide bonds. The van der Waals surface area contributed by atoms with Crippen molar-refractivity contribution in [2.75, 3.05) is 0 Å². The van der Waals surface area contributed by atoms with Crippen molar-refractivity contribution in [3.8, 4) is 0 Å². The molecule has 0 rings (SSSR count). The molecule has 0 unspecified atom stereocenters. The van der Waals surface area contributed by atoms with E-state index < -0.39 is 5.97 Å². The number of hydrogen-bond acceptors (Lipinski definition) is 2. The lowest BCUT2D eigenvalue weighted by Gasteiger charge is -1.94. The summed E-state index contributed by atoms with van der Waals surface area (Å²) in [5.41, 5.74) is 0. The summed E-state index contributed by atoms with van der Waals surface area (Å²) in [6.45, 7) is 3.52. The van der Waals surface area contributed by atoms with Crippen LogP contribution in [0.3, 0.4) is 0 Å². The maximum atomic E-state index is 9.81. The van der Waals surface area contributed by atoms with Crippen LogP contribution >= 0.6 is 0 Å². The topological polar surface area (TPSA) is 74.6 Å². The van der Waals surface area contributed by atoms with Gasteiger partial charge < -0.3 is 10.2 Å². The molecule has 0 atom stereocenters. The Labute approximate surface area is 59.5 Å². The molecule has 0 radical (unpaired) electrons. The molecule has 0 fully saturated rings. The van der Waals surface area contributed by atoms with Crippen LogP contribution in [0.25, 0.3) is 0 Å². The number of hydrogen-bond donors (Lipinski definition) is 2. The molecule has 0 heterocycles. The van der Waals surface area contributed by atoms with Gasteiger partial charge in [-0.25, -0.2) is 0 Å². The molecule has 0 spiro atoms. The Hall–Kier alpha value is -1.06. The Morgan fingerprint density at radius 3 is 1.90 bits per heavy atom. The summed E-state index contributed by atoms with van der Waals surface area (Å²) in [5.74, 6) is -0.438. The van der Waals surface area contributed by atoms with E-state index in [1.165, 1.54) is 0 Å². The Bertz CT molecular complexity index is 97.9. The number of carboxylic acids is 1. The van der Waals surface area contributed by atoms with Gasteiger partial charge in [-0.3, -0.25) is 9.59 Å². The molecule has 0 aliphatic rings. The van der Waals surface area contributed by atoms with Crippen molar-refractivity contribution in [2.24, 2.45) is 5.92 Å². The largest absolute Gasteiger partial charge is 0.483 e. The molecular weight excluding hydrogens is 136 g/mol. The quantitative estimate of drug-likeness (QED) is 0.568. The Morgan fingerprint density at radius 1 is 1.60 bits per heavy atom. The van der Waals surface area contributed by atoms with E-state index in [-0.39, 0.29) is 18.8 Å². The first-order valence-corrected chi connectivity index (χ1v) is 2.84. The van der Waals surface area contributed by atoms with Crippen molar-refractivity contribution in [3.05, 3.63) is 0 Å². The first kappa shape index (κ1) is 11.7. The normalized spacial score (nSPS) is 7.90. The average molecular weight is 148 g/mol. The number of carboxylic acid groups (broad SMARTS) is 2. The van der Waals surface area contributed by atoms with Crippen molar-refractivity contribution in [1.29, 1.82) is 0 Å². The summed E-state index contributed by atoms with van der Waals surface area (Å²) < 4.78 is 0. The van der Waals surface area contributed by atoms with Gasteiger partial charge in [0.15, 0.2) is 0 Å². The minimum atomic E-state index is -0.713. The highest BCUT2D eigenvalue weighted by Gasteiger charge is 1.98. The summed E-state index contributed by atoms with van der Waals surface area (Å²) >= 11 is 0. The first-order chi connectivity index (χ1) is 4.54. The molecule has 0 aromatic heterocycles. The van der Waals surface area contributed by atoms with Gasteiger partial charge in [-0.2, -0.15) is 0 Å². The van der Waals surface area contributed by atoms with Crippen LogP contribution in [0.5, 0.6) is 0 Å². The van der Waals surface area contributed by atoms with Crippen LogP contribution in [0.4, 0.5) is 0 Å².